The van der Waals surface area contributed by atoms with E-state index in [0.29, 0.717) is 12.8 Å². The molecule has 1 aromatic carbocycles. The van der Waals surface area contributed by atoms with Gasteiger partial charge in [-0.3, -0.25) is 0 Å². The quantitative estimate of drug-likeness (QED) is 0.629. The van der Waals surface area contributed by atoms with Gasteiger partial charge < -0.3 is 5.11 Å². The zero-order valence-electron chi connectivity index (χ0n) is 10.2. The molecule has 1 aliphatic rings. The van der Waals surface area contributed by atoms with Crippen molar-refractivity contribution < 1.29 is 5.11 Å². The molecule has 3 heteroatoms. The van der Waals surface area contributed by atoms with Crippen LogP contribution in [0.4, 0.5) is 5.69 Å². The summed E-state index contributed by atoms with van der Waals surface area (Å²) in [7, 11) is 0. The summed E-state index contributed by atoms with van der Waals surface area (Å²) in [5.41, 5.74) is 0.777. The van der Waals surface area contributed by atoms with Crippen molar-refractivity contribution in [2.24, 2.45) is 10.2 Å². The molecular weight excluding hydrogens is 224 g/mol. The van der Waals surface area contributed by atoms with Crippen molar-refractivity contribution in [2.45, 2.75) is 18.4 Å². The molecule has 0 saturated heterocycles. The number of hydrogen-bond acceptors (Lipinski definition) is 3. The molecule has 0 fully saturated rings. The first-order valence-electron chi connectivity index (χ1n) is 5.91. The number of hydrogen-bond donors (Lipinski definition) is 1. The molecule has 1 unspecified atom stereocenters. The Morgan fingerprint density at radius 3 is 2.67 bits per heavy atom. The summed E-state index contributed by atoms with van der Waals surface area (Å²) in [5.74, 6) is 0. The van der Waals surface area contributed by atoms with Crippen LogP contribution in [0.15, 0.2) is 77.1 Å². The van der Waals surface area contributed by atoms with Crippen LogP contribution in [0.25, 0.3) is 0 Å². The lowest BCUT2D eigenvalue weighted by atomic mass is 9.91. The first kappa shape index (κ1) is 12.5. The van der Waals surface area contributed by atoms with Gasteiger partial charge >= 0.3 is 0 Å². The SMILES string of the molecule is C=CCC1(O)C=CC(N=Nc2ccccc2)=CC1. The zero-order chi connectivity index (χ0) is 12.8. The van der Waals surface area contributed by atoms with Crippen molar-refractivity contribution in [1.82, 2.24) is 0 Å². The monoisotopic (exact) mass is 240 g/mol. The molecule has 0 heterocycles. The highest BCUT2D eigenvalue weighted by Gasteiger charge is 2.23. The Bertz CT molecular complexity index is 502. The summed E-state index contributed by atoms with van der Waals surface area (Å²) in [6.07, 6.45) is 8.24. The Kier molecular flexibility index (Phi) is 3.85. The average molecular weight is 240 g/mol. The van der Waals surface area contributed by atoms with Crippen LogP contribution in [0, 0.1) is 0 Å². The maximum absolute atomic E-state index is 10.1. The van der Waals surface area contributed by atoms with Crippen LogP contribution in [-0.4, -0.2) is 10.7 Å². The Morgan fingerprint density at radius 2 is 2.06 bits per heavy atom. The lowest BCUT2D eigenvalue weighted by Crippen LogP contribution is -2.25. The van der Waals surface area contributed by atoms with Crippen LogP contribution >= 0.6 is 0 Å². The van der Waals surface area contributed by atoms with Crippen molar-refractivity contribution >= 4 is 5.69 Å². The summed E-state index contributed by atoms with van der Waals surface area (Å²) >= 11 is 0. The fourth-order valence-corrected chi connectivity index (χ4v) is 1.74. The third kappa shape index (κ3) is 3.25. The van der Waals surface area contributed by atoms with Gasteiger partial charge in [-0.05, 0) is 24.6 Å². The number of rotatable bonds is 4. The van der Waals surface area contributed by atoms with Gasteiger partial charge in [0, 0.05) is 6.42 Å². The van der Waals surface area contributed by atoms with Crippen LogP contribution in [0.3, 0.4) is 0 Å². The van der Waals surface area contributed by atoms with E-state index in [1.807, 2.05) is 36.4 Å². The molecule has 1 aromatic rings. The van der Waals surface area contributed by atoms with E-state index < -0.39 is 5.60 Å². The fraction of sp³-hybridized carbons (Fsp3) is 0.200. The second-order valence-electron chi connectivity index (χ2n) is 4.30. The Hall–Kier alpha value is -2.00. The molecule has 0 radical (unpaired) electrons. The lowest BCUT2D eigenvalue weighted by molar-refractivity contribution is 0.0959. The number of azo groups is 1. The van der Waals surface area contributed by atoms with Gasteiger partial charge in [-0.1, -0.05) is 36.4 Å². The summed E-state index contributed by atoms with van der Waals surface area (Å²) < 4.78 is 0. The van der Waals surface area contributed by atoms with Crippen LogP contribution in [0.2, 0.25) is 0 Å². The Balaban J connectivity index is 2.02. The maximum atomic E-state index is 10.1. The van der Waals surface area contributed by atoms with Gasteiger partial charge in [0.2, 0.25) is 0 Å². The molecule has 0 spiro atoms. The van der Waals surface area contributed by atoms with Gasteiger partial charge in [-0.2, -0.15) is 10.2 Å². The first-order chi connectivity index (χ1) is 8.72. The molecule has 0 aromatic heterocycles. The minimum atomic E-state index is -0.812. The topological polar surface area (TPSA) is 45.0 Å². The summed E-state index contributed by atoms with van der Waals surface area (Å²) in [4.78, 5) is 0. The van der Waals surface area contributed by atoms with Crippen molar-refractivity contribution in [2.75, 3.05) is 0 Å². The predicted molar refractivity (Wildman–Crippen MR) is 72.6 cm³/mol. The Labute approximate surface area is 107 Å². The van der Waals surface area contributed by atoms with E-state index in [1.54, 1.807) is 18.2 Å². The van der Waals surface area contributed by atoms with Gasteiger partial charge in [-0.25, -0.2) is 0 Å². The second-order valence-corrected chi connectivity index (χ2v) is 4.30. The van der Waals surface area contributed by atoms with E-state index in [9.17, 15) is 5.11 Å². The second kappa shape index (κ2) is 5.56. The molecule has 2 rings (SSSR count). The summed E-state index contributed by atoms with van der Waals surface area (Å²) in [6.45, 7) is 3.64. The van der Waals surface area contributed by atoms with Gasteiger partial charge in [0.1, 0.15) is 0 Å². The van der Waals surface area contributed by atoms with E-state index in [-0.39, 0.29) is 0 Å². The first-order valence-corrected chi connectivity index (χ1v) is 5.91. The van der Waals surface area contributed by atoms with E-state index in [0.717, 1.165) is 11.4 Å². The summed E-state index contributed by atoms with van der Waals surface area (Å²) in [5, 5.41) is 18.4. The molecule has 92 valence electrons. The van der Waals surface area contributed by atoms with Crippen molar-refractivity contribution in [3.8, 4) is 0 Å². The molecule has 0 aliphatic heterocycles. The van der Waals surface area contributed by atoms with E-state index in [4.69, 9.17) is 0 Å². The number of allylic oxidation sites excluding steroid dienone is 1. The van der Waals surface area contributed by atoms with Crippen molar-refractivity contribution in [1.29, 1.82) is 0 Å². The lowest BCUT2D eigenvalue weighted by Gasteiger charge is -2.23. The zero-order valence-corrected chi connectivity index (χ0v) is 10.2. The molecule has 1 aliphatic carbocycles. The van der Waals surface area contributed by atoms with Gasteiger partial charge in [0.15, 0.2) is 0 Å². The third-order valence-electron chi connectivity index (χ3n) is 2.76. The average Bonchev–Trinajstić information content (AvgIpc) is 2.40. The van der Waals surface area contributed by atoms with E-state index in [1.165, 1.54) is 0 Å². The van der Waals surface area contributed by atoms with Gasteiger partial charge in [0.25, 0.3) is 0 Å². The molecule has 0 saturated carbocycles. The van der Waals surface area contributed by atoms with Crippen molar-refractivity contribution in [3.05, 3.63) is 66.9 Å². The maximum Gasteiger partial charge on any atom is 0.0900 e. The molecule has 0 amide bonds. The Morgan fingerprint density at radius 1 is 1.28 bits per heavy atom. The highest BCUT2D eigenvalue weighted by Crippen LogP contribution is 2.25. The minimum Gasteiger partial charge on any atom is -0.385 e. The molecule has 18 heavy (non-hydrogen) atoms. The van der Waals surface area contributed by atoms with Crippen LogP contribution in [0.1, 0.15) is 12.8 Å². The summed E-state index contributed by atoms with van der Waals surface area (Å²) in [6, 6.07) is 9.56. The molecule has 1 atom stereocenters. The van der Waals surface area contributed by atoms with Crippen LogP contribution in [0.5, 0.6) is 0 Å². The fourth-order valence-electron chi connectivity index (χ4n) is 1.74. The molecule has 0 bridgehead atoms. The largest absolute Gasteiger partial charge is 0.385 e. The number of nitrogens with zero attached hydrogens (tertiary/aromatic N) is 2. The normalized spacial score (nSPS) is 23.1. The molecular formula is C15H16N2O. The van der Waals surface area contributed by atoms with E-state index in [2.05, 4.69) is 16.8 Å². The highest BCUT2D eigenvalue weighted by molar-refractivity contribution is 5.36. The van der Waals surface area contributed by atoms with Crippen LogP contribution in [-0.2, 0) is 0 Å². The number of aliphatic hydroxyl groups is 1. The molecule has 3 nitrogen and oxygen atoms in total. The van der Waals surface area contributed by atoms with Crippen LogP contribution < -0.4 is 0 Å². The number of benzene rings is 1. The van der Waals surface area contributed by atoms with Gasteiger partial charge in [-0.15, -0.1) is 6.58 Å². The highest BCUT2D eigenvalue weighted by atomic mass is 16.3. The molecule has 1 N–H and O–H groups in total. The van der Waals surface area contributed by atoms with Gasteiger partial charge in [0.05, 0.1) is 17.0 Å². The van der Waals surface area contributed by atoms with E-state index >= 15 is 0 Å². The minimum absolute atomic E-state index is 0.540. The van der Waals surface area contributed by atoms with Crippen molar-refractivity contribution in [3.63, 3.8) is 0 Å². The third-order valence-corrected chi connectivity index (χ3v) is 2.76. The smallest absolute Gasteiger partial charge is 0.0900 e. The predicted octanol–water partition coefficient (Wildman–Crippen LogP) is 3.92. The standard InChI is InChI=1S/C15H16N2O/c1-2-10-15(18)11-8-14(9-12-15)17-16-13-6-4-3-5-7-13/h2-9,11,18H,1,10,12H2.